The van der Waals surface area contributed by atoms with Gasteiger partial charge in [0.1, 0.15) is 0 Å². The molecule has 1 aromatic heterocycles. The van der Waals surface area contributed by atoms with Gasteiger partial charge in [-0.15, -0.1) is 0 Å². The number of unbranched alkanes of at least 4 members (excludes halogenated alkanes) is 2. The topological polar surface area (TPSA) is 97.2 Å². The van der Waals surface area contributed by atoms with Crippen molar-refractivity contribution in [3.8, 4) is 0 Å². The second-order valence-electron chi connectivity index (χ2n) is 4.89. The highest BCUT2D eigenvalue weighted by Crippen LogP contribution is 2.29. The number of nitro benzene ring substituents is 1. The summed E-state index contributed by atoms with van der Waals surface area (Å²) in [6.45, 7) is 2.07. The maximum atomic E-state index is 11.7. The summed E-state index contributed by atoms with van der Waals surface area (Å²) in [5.41, 5.74) is 0.652. The van der Waals surface area contributed by atoms with Crippen molar-refractivity contribution in [2.45, 2.75) is 32.6 Å². The molecular weight excluding hydrogens is 336 g/mol. The third-order valence-electron chi connectivity index (χ3n) is 3.06. The number of anilines is 1. The van der Waals surface area contributed by atoms with Crippen molar-refractivity contribution in [3.63, 3.8) is 0 Å². The monoisotopic (exact) mass is 352 g/mol. The minimum absolute atomic E-state index is 0.0134. The summed E-state index contributed by atoms with van der Waals surface area (Å²) in [5, 5.41) is 16.9. The Kier molecular flexibility index (Phi) is 5.94. The van der Waals surface area contributed by atoms with E-state index < -0.39 is 4.92 Å². The normalized spacial score (nSPS) is 10.5. The summed E-state index contributed by atoms with van der Waals surface area (Å²) in [5.74, 6) is -0.132. The number of benzene rings is 1. The molecule has 2 N–H and O–H groups in total. The summed E-state index contributed by atoms with van der Waals surface area (Å²) in [6.07, 6.45) is 3.32. The van der Waals surface area contributed by atoms with Gasteiger partial charge < -0.3 is 10.6 Å². The number of hydrogen-bond acceptors (Lipinski definition) is 6. The van der Waals surface area contributed by atoms with E-state index in [1.165, 1.54) is 23.5 Å². The lowest BCUT2D eigenvalue weighted by atomic mass is 10.2. The lowest BCUT2D eigenvalue weighted by Crippen LogP contribution is -2.33. The lowest BCUT2D eigenvalue weighted by Gasteiger charge is -2.06. The molecule has 0 atom stereocenters. The predicted octanol–water partition coefficient (Wildman–Crippen LogP) is 3.60. The average molecular weight is 352 g/mol. The summed E-state index contributed by atoms with van der Waals surface area (Å²) in [6, 6.07) is 4.45. The first-order valence-corrected chi connectivity index (χ1v) is 8.38. The Labute approximate surface area is 142 Å². The maximum absolute atomic E-state index is 11.7. The minimum Gasteiger partial charge on any atom is -0.308 e. The molecule has 0 aliphatic heterocycles. The zero-order chi connectivity index (χ0) is 16.8. The smallest absolute Gasteiger partial charge is 0.270 e. The fourth-order valence-electron chi connectivity index (χ4n) is 1.93. The molecular formula is C14H16N4O3S2. The molecule has 1 aromatic carbocycles. The van der Waals surface area contributed by atoms with Crippen LogP contribution in [0.25, 0.3) is 10.2 Å². The number of nitrogens with one attached hydrogen (secondary N) is 2. The summed E-state index contributed by atoms with van der Waals surface area (Å²) >= 11 is 6.32. The highest BCUT2D eigenvalue weighted by Gasteiger charge is 2.11. The Bertz CT molecular complexity index is 745. The van der Waals surface area contributed by atoms with Crippen LogP contribution in [0.5, 0.6) is 0 Å². The van der Waals surface area contributed by atoms with E-state index in [1.54, 1.807) is 6.07 Å². The fraction of sp³-hybridized carbons (Fsp3) is 0.357. The Morgan fingerprint density at radius 3 is 2.91 bits per heavy atom. The van der Waals surface area contributed by atoms with Gasteiger partial charge in [0.15, 0.2) is 10.2 Å². The SMILES string of the molecule is CCCCCC(=O)NC(=S)Nc1nc2ccc([N+](=O)[O-])cc2s1. The van der Waals surface area contributed by atoms with Gasteiger partial charge in [-0.1, -0.05) is 31.1 Å². The van der Waals surface area contributed by atoms with Crippen LogP contribution in [-0.2, 0) is 4.79 Å². The van der Waals surface area contributed by atoms with Crippen LogP contribution >= 0.6 is 23.6 Å². The number of amides is 1. The summed E-state index contributed by atoms with van der Waals surface area (Å²) in [4.78, 5) is 26.3. The van der Waals surface area contributed by atoms with Crippen LogP contribution in [0.1, 0.15) is 32.6 Å². The predicted molar refractivity (Wildman–Crippen MR) is 94.8 cm³/mol. The van der Waals surface area contributed by atoms with E-state index in [0.717, 1.165) is 19.3 Å². The van der Waals surface area contributed by atoms with Crippen LogP contribution in [0.2, 0.25) is 0 Å². The summed E-state index contributed by atoms with van der Waals surface area (Å²) < 4.78 is 0.679. The van der Waals surface area contributed by atoms with Gasteiger partial charge in [0, 0.05) is 18.6 Å². The first kappa shape index (κ1) is 17.2. The van der Waals surface area contributed by atoms with Crippen LogP contribution in [0.3, 0.4) is 0 Å². The van der Waals surface area contributed by atoms with Crippen molar-refractivity contribution in [3.05, 3.63) is 28.3 Å². The van der Waals surface area contributed by atoms with Gasteiger partial charge in [-0.3, -0.25) is 14.9 Å². The van der Waals surface area contributed by atoms with E-state index in [-0.39, 0.29) is 16.7 Å². The zero-order valence-electron chi connectivity index (χ0n) is 12.5. The van der Waals surface area contributed by atoms with Gasteiger partial charge in [-0.2, -0.15) is 0 Å². The van der Waals surface area contributed by atoms with E-state index >= 15 is 0 Å². The molecule has 2 aromatic rings. The largest absolute Gasteiger partial charge is 0.308 e. The Morgan fingerprint density at radius 2 is 2.22 bits per heavy atom. The molecule has 0 aliphatic rings. The minimum atomic E-state index is -0.451. The Morgan fingerprint density at radius 1 is 1.43 bits per heavy atom. The van der Waals surface area contributed by atoms with Gasteiger partial charge in [-0.05, 0) is 24.7 Å². The number of thiazole rings is 1. The molecule has 0 fully saturated rings. The van der Waals surface area contributed by atoms with Crippen molar-refractivity contribution in [2.75, 3.05) is 5.32 Å². The number of non-ortho nitro benzene ring substituents is 1. The van der Waals surface area contributed by atoms with E-state index in [1.807, 2.05) is 0 Å². The number of hydrogen-bond donors (Lipinski definition) is 2. The number of fused-ring (bicyclic) bond motifs is 1. The Balaban J connectivity index is 1.97. The first-order chi connectivity index (χ1) is 11.0. The second-order valence-corrected chi connectivity index (χ2v) is 6.33. The lowest BCUT2D eigenvalue weighted by molar-refractivity contribution is -0.384. The van der Waals surface area contributed by atoms with Crippen molar-refractivity contribution < 1.29 is 9.72 Å². The van der Waals surface area contributed by atoms with Crippen molar-refractivity contribution in [2.24, 2.45) is 0 Å². The van der Waals surface area contributed by atoms with Gasteiger partial charge in [0.25, 0.3) is 5.69 Å². The van der Waals surface area contributed by atoms with Crippen LogP contribution < -0.4 is 10.6 Å². The van der Waals surface area contributed by atoms with Gasteiger partial charge >= 0.3 is 0 Å². The molecule has 0 bridgehead atoms. The quantitative estimate of drug-likeness (QED) is 0.357. The Hall–Kier alpha value is -2.13. The van der Waals surface area contributed by atoms with Crippen molar-refractivity contribution in [1.29, 1.82) is 0 Å². The van der Waals surface area contributed by atoms with E-state index in [9.17, 15) is 14.9 Å². The number of aromatic nitrogens is 1. The molecule has 0 spiro atoms. The molecule has 0 unspecified atom stereocenters. The van der Waals surface area contributed by atoms with Crippen molar-refractivity contribution in [1.82, 2.24) is 10.3 Å². The number of thiocarbonyl (C=S) groups is 1. The molecule has 2 rings (SSSR count). The molecule has 0 saturated carbocycles. The molecule has 9 heteroatoms. The number of nitrogens with zero attached hydrogens (tertiary/aromatic N) is 2. The molecule has 0 aliphatic carbocycles. The molecule has 0 saturated heterocycles. The van der Waals surface area contributed by atoms with Crippen molar-refractivity contribution >= 4 is 55.6 Å². The van der Waals surface area contributed by atoms with Crippen LogP contribution in [0.15, 0.2) is 18.2 Å². The molecule has 0 radical (unpaired) electrons. The van der Waals surface area contributed by atoms with E-state index in [2.05, 4.69) is 22.5 Å². The molecule has 23 heavy (non-hydrogen) atoms. The average Bonchev–Trinajstić information content (AvgIpc) is 2.88. The standard InChI is InChI=1S/C14H16N4O3S2/c1-2-3-4-5-12(19)16-13(22)17-14-15-10-7-6-9(18(20)21)8-11(10)23-14/h6-8H,2-5H2,1H3,(H2,15,16,17,19,22). The number of rotatable bonds is 6. The first-order valence-electron chi connectivity index (χ1n) is 7.15. The molecule has 7 nitrogen and oxygen atoms in total. The van der Waals surface area contributed by atoms with Gasteiger partial charge in [-0.25, -0.2) is 4.98 Å². The molecule has 1 amide bonds. The second kappa shape index (κ2) is 7.93. The third kappa shape index (κ3) is 4.93. The zero-order valence-corrected chi connectivity index (χ0v) is 14.1. The number of carbonyl (C=O) groups is 1. The number of carbonyl (C=O) groups excluding carboxylic acids is 1. The fourth-order valence-corrected chi connectivity index (χ4v) is 3.11. The third-order valence-corrected chi connectivity index (χ3v) is 4.20. The molecule has 122 valence electrons. The number of nitro groups is 1. The summed E-state index contributed by atoms with van der Waals surface area (Å²) in [7, 11) is 0. The van der Waals surface area contributed by atoms with Gasteiger partial charge in [0.05, 0.1) is 15.1 Å². The van der Waals surface area contributed by atoms with Crippen LogP contribution in [0, 0.1) is 10.1 Å². The highest BCUT2D eigenvalue weighted by molar-refractivity contribution is 7.80. The van der Waals surface area contributed by atoms with Crippen LogP contribution in [-0.4, -0.2) is 20.9 Å². The van der Waals surface area contributed by atoms with E-state index in [4.69, 9.17) is 12.2 Å². The van der Waals surface area contributed by atoms with Crippen LogP contribution in [0.4, 0.5) is 10.8 Å². The van der Waals surface area contributed by atoms with E-state index in [0.29, 0.717) is 21.8 Å². The highest BCUT2D eigenvalue weighted by atomic mass is 32.1. The maximum Gasteiger partial charge on any atom is 0.270 e. The van der Waals surface area contributed by atoms with Gasteiger partial charge in [0.2, 0.25) is 5.91 Å². The molecule has 1 heterocycles.